The quantitative estimate of drug-likeness (QED) is 0.155. The molecule has 3 aromatic heterocycles. The van der Waals surface area contributed by atoms with Crippen molar-refractivity contribution in [2.45, 2.75) is 81.1 Å². The summed E-state index contributed by atoms with van der Waals surface area (Å²) in [5.74, 6) is 0. The van der Waals surface area contributed by atoms with Crippen LogP contribution in [-0.4, -0.2) is 16.3 Å². The Morgan fingerprint density at radius 3 is 1.91 bits per heavy atom. The van der Waals surface area contributed by atoms with Crippen LogP contribution in [0, 0.1) is 13.8 Å². The van der Waals surface area contributed by atoms with Gasteiger partial charge in [-0.3, -0.25) is 4.79 Å². The van der Waals surface area contributed by atoms with Crippen LogP contribution in [0.5, 0.6) is 0 Å². The maximum Gasteiger partial charge on any atom is 2.00 e. The van der Waals surface area contributed by atoms with E-state index < -0.39 is 0 Å². The van der Waals surface area contributed by atoms with Crippen LogP contribution >= 0.6 is 0 Å². The monoisotopic (exact) mass is 638 g/mol. The van der Waals surface area contributed by atoms with Crippen molar-refractivity contribution in [2.75, 3.05) is 0 Å². The fourth-order valence-electron chi connectivity index (χ4n) is 7.10. The molecule has 2 aliphatic rings. The first-order chi connectivity index (χ1) is 21.3. The van der Waals surface area contributed by atoms with Crippen LogP contribution in [0.3, 0.4) is 0 Å². The molecule has 232 valence electrons. The number of hydrogen-bond acceptors (Lipinski definition) is 3. The summed E-state index contributed by atoms with van der Waals surface area (Å²) in [6.45, 7) is 17.2. The molecule has 0 unspecified atom stereocenters. The second kappa shape index (κ2) is 12.8. The van der Waals surface area contributed by atoms with E-state index in [1.165, 1.54) is 22.3 Å². The molecule has 6 heteroatoms. The fraction of sp³-hybridized carbons (Fsp3) is 0.308. The Bertz CT molecular complexity index is 2060. The molecule has 2 aliphatic heterocycles. The molecule has 1 aromatic carbocycles. The summed E-state index contributed by atoms with van der Waals surface area (Å²) in [5, 5.41) is 0. The van der Waals surface area contributed by atoms with Crippen LogP contribution in [0.25, 0.3) is 55.5 Å². The minimum absolute atomic E-state index is 0. The Kier molecular flexibility index (Phi) is 9.19. The second-order valence-electron chi connectivity index (χ2n) is 11.8. The van der Waals surface area contributed by atoms with Crippen LogP contribution in [0.4, 0.5) is 0 Å². The van der Waals surface area contributed by atoms with Gasteiger partial charge in [0.2, 0.25) is 0 Å². The first kappa shape index (κ1) is 32.4. The normalized spacial score (nSPS) is 13.0. The molecule has 0 aliphatic carbocycles. The molecule has 0 atom stereocenters. The number of nitrogens with zero attached hydrogens (tertiary/aromatic N) is 4. The molecular formula is C39H40N4NiO. The first-order valence-corrected chi connectivity index (χ1v) is 15.9. The van der Waals surface area contributed by atoms with Gasteiger partial charge in [-0.1, -0.05) is 92.4 Å². The van der Waals surface area contributed by atoms with E-state index in [2.05, 4.69) is 91.8 Å². The maximum absolute atomic E-state index is 12.9. The van der Waals surface area contributed by atoms with Gasteiger partial charge in [0.15, 0.2) is 6.29 Å². The summed E-state index contributed by atoms with van der Waals surface area (Å²) >= 11 is 0. The van der Waals surface area contributed by atoms with Crippen molar-refractivity contribution in [1.82, 2.24) is 19.9 Å². The van der Waals surface area contributed by atoms with Crippen molar-refractivity contribution in [1.29, 1.82) is 0 Å². The number of allylic oxidation sites excluding steroid dienone is 4. The fourth-order valence-corrected chi connectivity index (χ4v) is 7.10. The zero-order chi connectivity index (χ0) is 31.3. The number of fused-ring (bicyclic) bond motifs is 8. The van der Waals surface area contributed by atoms with Crippen molar-refractivity contribution in [3.8, 4) is 11.1 Å². The minimum Gasteiger partial charge on any atom is -0.657 e. The largest absolute Gasteiger partial charge is 2.00 e. The topological polar surface area (TPSA) is 71.1 Å². The summed E-state index contributed by atoms with van der Waals surface area (Å²) < 4.78 is 0. The molecule has 6 rings (SSSR count). The number of rotatable bonds is 6. The SMILES string of the molecule is CCC1=C(C)c2nc1cc1[n-]c(c(C=O)c3nc(cc4[n-]c(c(C)c4CC)c2-c2ccccc2)C(C)=C3CC)c(CC)c1C.[Ni+2]. The molecule has 5 nitrogen and oxygen atoms in total. The number of aryl methyl sites for hydroxylation is 4. The zero-order valence-corrected chi connectivity index (χ0v) is 28.4. The van der Waals surface area contributed by atoms with Gasteiger partial charge in [0.25, 0.3) is 0 Å². The smallest absolute Gasteiger partial charge is 0.657 e. The number of hydrogen-bond donors (Lipinski definition) is 0. The molecule has 0 N–H and O–H groups in total. The second-order valence-corrected chi connectivity index (χ2v) is 11.8. The molecule has 0 radical (unpaired) electrons. The standard InChI is InChI=1S/C39H41N4O.Ni/c1-9-26-23(7)36-35(25-16-14-13-15-17-25)37-24(8)27(10-2)34(43-37)19-32-22(6)29(12-4)39(41-32)30(20-44)38-28(11-3)21(5)31(40-38)18-33(26)42-36;/h13-20H,9-12H2,1-8H3,(H-,40,41,42,43,44);/q-1;+2/p-1. The van der Waals surface area contributed by atoms with E-state index in [0.717, 1.165) is 110 Å². The van der Waals surface area contributed by atoms with Gasteiger partial charge in [-0.05, 0) is 86.8 Å². The third-order valence-corrected chi connectivity index (χ3v) is 9.53. The van der Waals surface area contributed by atoms with Crippen molar-refractivity contribution >= 4 is 50.6 Å². The van der Waals surface area contributed by atoms with E-state index in [1.807, 2.05) is 6.07 Å². The number of benzene rings is 1. The Morgan fingerprint density at radius 1 is 0.667 bits per heavy atom. The van der Waals surface area contributed by atoms with E-state index in [4.69, 9.17) is 19.9 Å². The van der Waals surface area contributed by atoms with Gasteiger partial charge < -0.3 is 9.97 Å². The molecule has 0 amide bonds. The van der Waals surface area contributed by atoms with Crippen LogP contribution in [0.2, 0.25) is 0 Å². The molecule has 5 heterocycles. The Morgan fingerprint density at radius 2 is 1.29 bits per heavy atom. The van der Waals surface area contributed by atoms with Crippen LogP contribution in [0.1, 0.15) is 110 Å². The molecule has 0 saturated carbocycles. The van der Waals surface area contributed by atoms with E-state index in [9.17, 15) is 4.79 Å². The summed E-state index contributed by atoms with van der Waals surface area (Å²) in [4.78, 5) is 33.8. The number of aldehydes is 1. The average Bonchev–Trinajstić information content (AvgIpc) is 3.71. The van der Waals surface area contributed by atoms with Gasteiger partial charge in [-0.2, -0.15) is 0 Å². The van der Waals surface area contributed by atoms with Gasteiger partial charge in [0.1, 0.15) is 0 Å². The Labute approximate surface area is 276 Å². The molecule has 8 bridgehead atoms. The third kappa shape index (κ3) is 5.14. The summed E-state index contributed by atoms with van der Waals surface area (Å²) in [6, 6.07) is 14.7. The predicted octanol–water partition coefficient (Wildman–Crippen LogP) is 9.47. The summed E-state index contributed by atoms with van der Waals surface area (Å²) in [6.07, 6.45) is 4.17. The van der Waals surface area contributed by atoms with Crippen LogP contribution in [0.15, 0.2) is 42.5 Å². The summed E-state index contributed by atoms with van der Waals surface area (Å²) in [7, 11) is 0. The molecule has 0 saturated heterocycles. The Balaban J connectivity index is 0.00000400. The van der Waals surface area contributed by atoms with E-state index in [-0.39, 0.29) is 16.5 Å². The number of carbonyl (C=O) groups excluding carboxylic acids is 1. The number of carbonyl (C=O) groups is 1. The molecule has 0 spiro atoms. The van der Waals surface area contributed by atoms with Gasteiger partial charge in [0, 0.05) is 5.56 Å². The van der Waals surface area contributed by atoms with Crippen molar-refractivity contribution in [3.63, 3.8) is 0 Å². The van der Waals surface area contributed by atoms with Crippen LogP contribution < -0.4 is 9.97 Å². The molecular weight excluding hydrogens is 599 g/mol. The molecule has 45 heavy (non-hydrogen) atoms. The zero-order valence-electron chi connectivity index (χ0n) is 27.5. The van der Waals surface area contributed by atoms with Crippen LogP contribution in [-0.2, 0) is 29.3 Å². The number of aromatic nitrogens is 4. The van der Waals surface area contributed by atoms with Crippen molar-refractivity contribution in [2.24, 2.45) is 0 Å². The predicted molar refractivity (Wildman–Crippen MR) is 184 cm³/mol. The van der Waals surface area contributed by atoms with Crippen molar-refractivity contribution < 1.29 is 21.3 Å². The Hall–Kier alpha value is -4.02. The minimum atomic E-state index is 0. The van der Waals surface area contributed by atoms with Gasteiger partial charge in [0.05, 0.1) is 22.8 Å². The van der Waals surface area contributed by atoms with Gasteiger partial charge in [-0.15, -0.1) is 22.1 Å². The van der Waals surface area contributed by atoms with Crippen molar-refractivity contribution in [3.05, 3.63) is 93.1 Å². The third-order valence-electron chi connectivity index (χ3n) is 9.53. The van der Waals surface area contributed by atoms with E-state index in [1.54, 1.807) is 0 Å². The summed E-state index contributed by atoms with van der Waals surface area (Å²) in [5.41, 5.74) is 18.7. The van der Waals surface area contributed by atoms with Gasteiger partial charge in [-0.25, -0.2) is 9.97 Å². The van der Waals surface area contributed by atoms with E-state index in [0.29, 0.717) is 5.56 Å². The first-order valence-electron chi connectivity index (χ1n) is 15.9. The average molecular weight is 639 g/mol. The molecule has 0 fully saturated rings. The molecule has 4 aromatic rings. The van der Waals surface area contributed by atoms with E-state index >= 15 is 0 Å². The maximum atomic E-state index is 12.9. The van der Waals surface area contributed by atoms with Gasteiger partial charge >= 0.3 is 16.5 Å².